The summed E-state index contributed by atoms with van der Waals surface area (Å²) in [7, 11) is 9.80. The second-order valence-corrected chi connectivity index (χ2v) is 15.7. The van der Waals surface area contributed by atoms with Crippen LogP contribution in [-0.4, -0.2) is 136 Å². The highest BCUT2D eigenvalue weighted by Crippen LogP contribution is 2.30. The number of nitrogens with zero attached hydrogens (tertiary/aromatic N) is 3. The van der Waals surface area contributed by atoms with Crippen LogP contribution in [0.25, 0.3) is 0 Å². The molecule has 54 heavy (non-hydrogen) atoms. The number of likely N-dealkylation sites (tertiary alicyclic amines) is 1. The molecular formula is C41H69N5O8. The molecule has 1 aliphatic rings. The summed E-state index contributed by atoms with van der Waals surface area (Å²) in [6.07, 6.45) is 1.08. The molecule has 4 amide bonds. The van der Waals surface area contributed by atoms with Crippen LogP contribution in [0, 0.1) is 23.7 Å². The molecular weight excluding hydrogens is 690 g/mol. The van der Waals surface area contributed by atoms with Gasteiger partial charge in [-0.05, 0) is 50.3 Å². The van der Waals surface area contributed by atoms with Crippen molar-refractivity contribution in [3.63, 3.8) is 0 Å². The van der Waals surface area contributed by atoms with Gasteiger partial charge in [-0.1, -0.05) is 85.2 Å². The number of esters is 1. The van der Waals surface area contributed by atoms with Gasteiger partial charge in [0, 0.05) is 34.2 Å². The summed E-state index contributed by atoms with van der Waals surface area (Å²) in [4.78, 5) is 73.5. The number of rotatable bonds is 21. The Hall–Kier alpha value is -3.55. The van der Waals surface area contributed by atoms with Crippen LogP contribution in [-0.2, 0) is 44.6 Å². The molecule has 1 fully saturated rings. The molecule has 1 saturated heterocycles. The number of benzene rings is 1. The molecule has 1 aromatic carbocycles. The van der Waals surface area contributed by atoms with Crippen LogP contribution in [0.1, 0.15) is 79.7 Å². The standard InChI is InChI=1S/C41H69N5O8/c1-14-27(6)36(45(10)40(50)34(25(2)3)43-39(49)35(26(4)5)44(8)9)32(52-11)24-33(47)46-22-18-21-31(46)37(53-12)28(7)38(48)42-30(41(51)54-13)23-29-19-16-15-17-20-29/h15-17,19-20,25-28,30-32,34-37H,14,18,21-24H2,1-13H3,(H,42,48)(H,43,49)/t27?,28-,30?,31+,32+,34+,35+,36+,37-/m1/s1. The van der Waals surface area contributed by atoms with Gasteiger partial charge in [0.2, 0.25) is 23.6 Å². The van der Waals surface area contributed by atoms with Gasteiger partial charge in [0.05, 0.1) is 49.8 Å². The molecule has 0 aliphatic carbocycles. The summed E-state index contributed by atoms with van der Waals surface area (Å²) in [5.41, 5.74) is 0.876. The number of carbonyl (C=O) groups is 5. The Bertz CT molecular complexity index is 1350. The van der Waals surface area contributed by atoms with E-state index in [1.165, 1.54) is 14.2 Å². The number of amides is 4. The molecule has 0 bridgehead atoms. The topological polar surface area (TPSA) is 147 Å². The van der Waals surface area contributed by atoms with Crippen molar-refractivity contribution in [2.45, 2.75) is 123 Å². The van der Waals surface area contributed by atoms with Crippen LogP contribution in [0.15, 0.2) is 30.3 Å². The molecule has 9 atom stereocenters. The predicted octanol–water partition coefficient (Wildman–Crippen LogP) is 3.53. The van der Waals surface area contributed by atoms with Crippen LogP contribution in [0.5, 0.6) is 0 Å². The summed E-state index contributed by atoms with van der Waals surface area (Å²) in [5.74, 6) is -2.41. The number of likely N-dealkylation sites (N-methyl/N-ethyl adjacent to an activating group) is 2. The first kappa shape index (κ1) is 46.6. The minimum Gasteiger partial charge on any atom is -0.467 e. The minimum atomic E-state index is -0.890. The molecule has 1 aliphatic heterocycles. The summed E-state index contributed by atoms with van der Waals surface area (Å²) in [5, 5.41) is 5.89. The fraction of sp³-hybridized carbons (Fsp3) is 0.732. The molecule has 0 saturated carbocycles. The van der Waals surface area contributed by atoms with E-state index in [1.54, 1.807) is 30.9 Å². The van der Waals surface area contributed by atoms with Gasteiger partial charge in [-0.2, -0.15) is 0 Å². The number of hydrogen-bond donors (Lipinski definition) is 2. The van der Waals surface area contributed by atoms with Gasteiger partial charge in [0.15, 0.2) is 0 Å². The second-order valence-electron chi connectivity index (χ2n) is 15.7. The van der Waals surface area contributed by atoms with Crippen molar-refractivity contribution in [3.05, 3.63) is 35.9 Å². The average Bonchev–Trinajstić information content (AvgIpc) is 3.62. The highest BCUT2D eigenvalue weighted by atomic mass is 16.5. The predicted molar refractivity (Wildman–Crippen MR) is 209 cm³/mol. The lowest BCUT2D eigenvalue weighted by Crippen LogP contribution is -2.59. The fourth-order valence-corrected chi connectivity index (χ4v) is 7.90. The number of nitrogens with one attached hydrogen (secondary N) is 2. The Morgan fingerprint density at radius 3 is 2.00 bits per heavy atom. The van der Waals surface area contributed by atoms with E-state index in [-0.39, 0.29) is 60.3 Å². The number of methoxy groups -OCH3 is 3. The second kappa shape index (κ2) is 22.1. The molecule has 1 aromatic rings. The Labute approximate surface area is 324 Å². The highest BCUT2D eigenvalue weighted by molar-refractivity contribution is 5.90. The molecule has 306 valence electrons. The largest absolute Gasteiger partial charge is 0.467 e. The lowest BCUT2D eigenvalue weighted by Gasteiger charge is -2.41. The SMILES string of the molecule is CCC(C)[C@@H]([C@H](CC(=O)N1CCC[C@H]1[C@H](OC)[C@@H](C)C(=O)NC(Cc1ccccc1)C(=O)OC)OC)N(C)C(=O)[C@@H](NC(=O)[C@H](C(C)C)N(C)C)C(C)C. The van der Waals surface area contributed by atoms with Crippen molar-refractivity contribution < 1.29 is 38.2 Å². The zero-order valence-corrected chi connectivity index (χ0v) is 35.1. The van der Waals surface area contributed by atoms with E-state index < -0.39 is 48.3 Å². The zero-order valence-electron chi connectivity index (χ0n) is 35.1. The molecule has 2 N–H and O–H groups in total. The van der Waals surface area contributed by atoms with Crippen molar-refractivity contribution in [2.75, 3.05) is 49.0 Å². The van der Waals surface area contributed by atoms with E-state index in [1.807, 2.05) is 90.9 Å². The fourth-order valence-electron chi connectivity index (χ4n) is 7.90. The highest BCUT2D eigenvalue weighted by Gasteiger charge is 2.43. The number of ether oxygens (including phenoxy) is 3. The summed E-state index contributed by atoms with van der Waals surface area (Å²) >= 11 is 0. The Morgan fingerprint density at radius 2 is 1.50 bits per heavy atom. The van der Waals surface area contributed by atoms with Gasteiger partial charge in [0.1, 0.15) is 12.1 Å². The zero-order chi connectivity index (χ0) is 40.9. The third kappa shape index (κ3) is 12.2. The third-order valence-corrected chi connectivity index (χ3v) is 11.0. The third-order valence-electron chi connectivity index (χ3n) is 11.0. The van der Waals surface area contributed by atoms with Crippen molar-refractivity contribution >= 4 is 29.6 Å². The van der Waals surface area contributed by atoms with Gasteiger partial charge < -0.3 is 34.6 Å². The van der Waals surface area contributed by atoms with E-state index in [2.05, 4.69) is 10.6 Å². The number of carbonyl (C=O) groups excluding carboxylic acids is 5. The Morgan fingerprint density at radius 1 is 0.870 bits per heavy atom. The van der Waals surface area contributed by atoms with Gasteiger partial charge in [-0.25, -0.2) is 4.79 Å². The van der Waals surface area contributed by atoms with E-state index in [0.29, 0.717) is 13.0 Å². The molecule has 13 heteroatoms. The molecule has 1 heterocycles. The van der Waals surface area contributed by atoms with Crippen LogP contribution in [0.2, 0.25) is 0 Å². The molecule has 0 aromatic heterocycles. The lowest BCUT2D eigenvalue weighted by atomic mass is 9.89. The van der Waals surface area contributed by atoms with Gasteiger partial charge in [0.25, 0.3) is 0 Å². The Balaban J connectivity index is 2.29. The smallest absolute Gasteiger partial charge is 0.328 e. The monoisotopic (exact) mass is 760 g/mol. The quantitative estimate of drug-likeness (QED) is 0.180. The summed E-state index contributed by atoms with van der Waals surface area (Å²) < 4.78 is 16.9. The van der Waals surface area contributed by atoms with Crippen LogP contribution in [0.4, 0.5) is 0 Å². The maximum absolute atomic E-state index is 14.2. The Kier molecular flexibility index (Phi) is 19.1. The van der Waals surface area contributed by atoms with Gasteiger partial charge >= 0.3 is 5.97 Å². The summed E-state index contributed by atoms with van der Waals surface area (Å²) in [6, 6.07) is 6.46. The number of hydrogen-bond acceptors (Lipinski definition) is 9. The maximum Gasteiger partial charge on any atom is 0.328 e. The maximum atomic E-state index is 14.2. The van der Waals surface area contributed by atoms with E-state index in [0.717, 1.165) is 18.4 Å². The lowest BCUT2D eigenvalue weighted by molar-refractivity contribution is -0.149. The summed E-state index contributed by atoms with van der Waals surface area (Å²) in [6.45, 7) is 14.1. The van der Waals surface area contributed by atoms with E-state index in [9.17, 15) is 24.0 Å². The first-order valence-corrected chi connectivity index (χ1v) is 19.5. The van der Waals surface area contributed by atoms with Crippen LogP contribution >= 0.6 is 0 Å². The van der Waals surface area contributed by atoms with Crippen molar-refractivity contribution in [1.29, 1.82) is 0 Å². The first-order chi connectivity index (χ1) is 25.4. The van der Waals surface area contributed by atoms with Crippen molar-refractivity contribution in [2.24, 2.45) is 23.7 Å². The van der Waals surface area contributed by atoms with Crippen LogP contribution < -0.4 is 10.6 Å². The van der Waals surface area contributed by atoms with Crippen LogP contribution in [0.3, 0.4) is 0 Å². The van der Waals surface area contributed by atoms with Gasteiger partial charge in [-0.3, -0.25) is 24.1 Å². The minimum absolute atomic E-state index is 0.00683. The van der Waals surface area contributed by atoms with E-state index in [4.69, 9.17) is 14.2 Å². The van der Waals surface area contributed by atoms with Gasteiger partial charge in [-0.15, -0.1) is 0 Å². The normalized spacial score (nSPS) is 19.0. The molecule has 2 unspecified atom stereocenters. The molecule has 2 rings (SSSR count). The van der Waals surface area contributed by atoms with Crippen molar-refractivity contribution in [3.8, 4) is 0 Å². The molecule has 0 radical (unpaired) electrons. The van der Waals surface area contributed by atoms with Crippen molar-refractivity contribution in [1.82, 2.24) is 25.3 Å². The average molecular weight is 760 g/mol. The first-order valence-electron chi connectivity index (χ1n) is 19.5. The molecule has 13 nitrogen and oxygen atoms in total. The van der Waals surface area contributed by atoms with E-state index >= 15 is 0 Å². The molecule has 0 spiro atoms.